The fraction of sp³-hybridized carbons (Fsp3) is 1.00. The zero-order valence-electron chi connectivity index (χ0n) is 5.57. The van der Waals surface area contributed by atoms with Crippen molar-refractivity contribution in [2.45, 2.75) is 5.92 Å². The first-order valence-corrected chi connectivity index (χ1v) is 4.93. The normalized spacial score (nSPS) is 17.8. The fourth-order valence-electron chi connectivity index (χ4n) is 0.271. The molecule has 10 heteroatoms. The number of hydrogen-bond acceptors (Lipinski definition) is 5. The van der Waals surface area contributed by atoms with E-state index in [4.69, 9.17) is 0 Å². The van der Waals surface area contributed by atoms with Gasteiger partial charge in [-0.2, -0.15) is 17.1 Å². The molecule has 0 bridgehead atoms. The summed E-state index contributed by atoms with van der Waals surface area (Å²) in [7, 11) is -8.97. The van der Waals surface area contributed by atoms with E-state index in [0.29, 0.717) is 7.11 Å². The molecule has 0 aliphatic carbocycles. The van der Waals surface area contributed by atoms with E-state index < -0.39 is 24.5 Å². The van der Waals surface area contributed by atoms with Crippen LogP contribution in [0.3, 0.4) is 0 Å². The molecule has 0 rings (SSSR count). The second kappa shape index (κ2) is 3.73. The SMILES string of the molecule is COP(=O)(O[SH](=O)=O)C(F)(F)F. The van der Waals surface area contributed by atoms with Gasteiger partial charge >= 0.3 is 13.5 Å². The third-order valence-electron chi connectivity index (χ3n) is 0.725. The molecule has 12 heavy (non-hydrogen) atoms. The van der Waals surface area contributed by atoms with Crippen molar-refractivity contribution in [2.75, 3.05) is 7.11 Å². The topological polar surface area (TPSA) is 69.7 Å². The molecule has 0 saturated carbocycles. The van der Waals surface area contributed by atoms with Gasteiger partial charge in [0.05, 0.1) is 0 Å². The Labute approximate surface area is 67.2 Å². The Balaban J connectivity index is 4.82. The first-order valence-electron chi connectivity index (χ1n) is 2.29. The van der Waals surface area contributed by atoms with Crippen molar-refractivity contribution < 1.29 is 34.6 Å². The first-order chi connectivity index (χ1) is 5.23. The highest BCUT2D eigenvalue weighted by Gasteiger charge is 2.55. The van der Waals surface area contributed by atoms with Gasteiger partial charge in [-0.15, -0.1) is 0 Å². The van der Waals surface area contributed by atoms with E-state index in [1.54, 1.807) is 0 Å². The molecule has 0 saturated heterocycles. The molecule has 0 radical (unpaired) electrons. The molecule has 0 amide bonds. The van der Waals surface area contributed by atoms with Gasteiger partial charge in [0.2, 0.25) is 0 Å². The Kier molecular flexibility index (Phi) is 3.70. The number of thiol groups is 1. The zero-order valence-corrected chi connectivity index (χ0v) is 7.36. The van der Waals surface area contributed by atoms with E-state index in [-0.39, 0.29) is 0 Å². The lowest BCUT2D eigenvalue weighted by Crippen LogP contribution is -2.12. The lowest BCUT2D eigenvalue weighted by atomic mass is 11.6. The van der Waals surface area contributed by atoms with Crippen molar-refractivity contribution in [2.24, 2.45) is 0 Å². The summed E-state index contributed by atoms with van der Waals surface area (Å²) in [4.78, 5) is 0. The Morgan fingerprint density at radius 3 is 1.83 bits per heavy atom. The van der Waals surface area contributed by atoms with Crippen molar-refractivity contribution >= 4 is 18.6 Å². The molecule has 74 valence electrons. The van der Waals surface area contributed by atoms with Crippen LogP contribution in [0, 0.1) is 0 Å². The van der Waals surface area contributed by atoms with Crippen molar-refractivity contribution in [3.63, 3.8) is 0 Å². The molecule has 0 heterocycles. The number of halogens is 3. The van der Waals surface area contributed by atoms with Crippen LogP contribution in [0.15, 0.2) is 0 Å². The Hall–Kier alpha value is -0.110. The quantitative estimate of drug-likeness (QED) is 0.573. The van der Waals surface area contributed by atoms with Gasteiger partial charge in [0, 0.05) is 7.11 Å². The summed E-state index contributed by atoms with van der Waals surface area (Å²) < 4.78 is 71.4. The highest BCUT2D eigenvalue weighted by molar-refractivity contribution is 7.75. The monoisotopic (exact) mass is 228 g/mol. The predicted molar refractivity (Wildman–Crippen MR) is 32.1 cm³/mol. The van der Waals surface area contributed by atoms with Gasteiger partial charge in [0.25, 0.3) is 11.0 Å². The van der Waals surface area contributed by atoms with Crippen LogP contribution in [0.4, 0.5) is 13.2 Å². The van der Waals surface area contributed by atoms with Crippen LogP contribution in [-0.4, -0.2) is 21.4 Å². The smallest absolute Gasteiger partial charge is 0.305 e. The summed E-state index contributed by atoms with van der Waals surface area (Å²) >= 11 is 0. The minimum absolute atomic E-state index is 0.438. The summed E-state index contributed by atoms with van der Waals surface area (Å²) in [6, 6.07) is 0. The molecule has 0 N–H and O–H groups in total. The first kappa shape index (κ1) is 11.9. The van der Waals surface area contributed by atoms with E-state index in [2.05, 4.69) is 8.49 Å². The molecule has 1 atom stereocenters. The number of alkyl halides is 3. The summed E-state index contributed by atoms with van der Waals surface area (Å²) in [6.07, 6.45) is 0. The Bertz CT molecular complexity index is 260. The summed E-state index contributed by atoms with van der Waals surface area (Å²) in [6.45, 7) is 0. The zero-order chi connectivity index (χ0) is 9.99. The van der Waals surface area contributed by atoms with E-state index in [1.807, 2.05) is 0 Å². The second-order valence-electron chi connectivity index (χ2n) is 1.45. The predicted octanol–water partition coefficient (Wildman–Crippen LogP) is 0.889. The summed E-state index contributed by atoms with van der Waals surface area (Å²) in [5, 5.41) is 0. The van der Waals surface area contributed by atoms with E-state index in [0.717, 1.165) is 0 Å². The largest absolute Gasteiger partial charge is 0.494 e. The van der Waals surface area contributed by atoms with E-state index in [1.165, 1.54) is 0 Å². The fourth-order valence-corrected chi connectivity index (χ4v) is 1.82. The maximum atomic E-state index is 11.7. The van der Waals surface area contributed by atoms with Crippen molar-refractivity contribution in [3.8, 4) is 0 Å². The van der Waals surface area contributed by atoms with Crippen LogP contribution in [-0.2, 0) is 24.0 Å². The molecule has 0 aromatic rings. The third kappa shape index (κ3) is 2.74. The number of rotatable bonds is 3. The van der Waals surface area contributed by atoms with Crippen LogP contribution in [0.2, 0.25) is 0 Å². The van der Waals surface area contributed by atoms with Crippen LogP contribution in [0.5, 0.6) is 0 Å². The van der Waals surface area contributed by atoms with Gasteiger partial charge in [-0.3, -0.25) is 0 Å². The van der Waals surface area contributed by atoms with Crippen LogP contribution >= 0.6 is 7.60 Å². The molecule has 0 aromatic carbocycles. The average Bonchev–Trinajstić information content (AvgIpc) is 1.83. The molecular weight excluding hydrogens is 224 g/mol. The minimum Gasteiger partial charge on any atom is -0.305 e. The van der Waals surface area contributed by atoms with Gasteiger partial charge in [0.1, 0.15) is 0 Å². The minimum atomic E-state index is -5.54. The van der Waals surface area contributed by atoms with Gasteiger partial charge in [-0.1, -0.05) is 0 Å². The van der Waals surface area contributed by atoms with E-state index in [9.17, 15) is 26.2 Å². The van der Waals surface area contributed by atoms with E-state index >= 15 is 0 Å². The lowest BCUT2D eigenvalue weighted by molar-refractivity contribution is -0.0663. The molecule has 0 aliphatic rings. The highest BCUT2D eigenvalue weighted by Crippen LogP contribution is 2.62. The standard InChI is InChI=1S/C2H4F3O5PS/c1-9-11(6,2(3,4)5)10-12(7)8/h12H,1H3. The molecular formula is C2H4F3O5PS. The van der Waals surface area contributed by atoms with Gasteiger partial charge in [0.15, 0.2) is 0 Å². The molecule has 1 unspecified atom stereocenters. The van der Waals surface area contributed by atoms with Gasteiger partial charge < -0.3 is 4.52 Å². The molecule has 5 nitrogen and oxygen atoms in total. The Morgan fingerprint density at radius 1 is 1.33 bits per heavy atom. The maximum Gasteiger partial charge on any atom is 0.494 e. The van der Waals surface area contributed by atoms with Crippen LogP contribution < -0.4 is 0 Å². The third-order valence-corrected chi connectivity index (χ3v) is 3.22. The van der Waals surface area contributed by atoms with Crippen molar-refractivity contribution in [1.29, 1.82) is 0 Å². The number of hydrogen-bond donors (Lipinski definition) is 1. The molecule has 0 fully saturated rings. The lowest BCUT2D eigenvalue weighted by Gasteiger charge is -2.14. The summed E-state index contributed by atoms with van der Waals surface area (Å²) in [5.74, 6) is -5.34. The van der Waals surface area contributed by atoms with Gasteiger partial charge in [-0.05, 0) is 0 Å². The average molecular weight is 228 g/mol. The molecule has 0 aliphatic heterocycles. The molecule has 0 spiro atoms. The highest BCUT2D eigenvalue weighted by atomic mass is 32.2. The van der Waals surface area contributed by atoms with Crippen molar-refractivity contribution in [3.05, 3.63) is 0 Å². The molecule has 0 aromatic heterocycles. The van der Waals surface area contributed by atoms with Crippen LogP contribution in [0.1, 0.15) is 0 Å². The maximum absolute atomic E-state index is 11.7. The summed E-state index contributed by atoms with van der Waals surface area (Å²) in [5.41, 5.74) is 0. The van der Waals surface area contributed by atoms with Gasteiger partial charge in [-0.25, -0.2) is 13.0 Å². The van der Waals surface area contributed by atoms with Crippen LogP contribution in [0.25, 0.3) is 0 Å². The van der Waals surface area contributed by atoms with Crippen molar-refractivity contribution in [1.82, 2.24) is 0 Å². The second-order valence-corrected chi connectivity index (χ2v) is 4.42. The Morgan fingerprint density at radius 2 is 1.75 bits per heavy atom.